The minimum atomic E-state index is 0.228. The van der Waals surface area contributed by atoms with Gasteiger partial charge in [-0.15, -0.1) is 0 Å². The van der Waals surface area contributed by atoms with Crippen LogP contribution >= 0.6 is 0 Å². The van der Waals surface area contributed by atoms with E-state index >= 15 is 0 Å². The minimum absolute atomic E-state index is 0.228. The second-order valence-corrected chi connectivity index (χ2v) is 5.66. The van der Waals surface area contributed by atoms with Crippen LogP contribution in [0.5, 0.6) is 17.2 Å². The van der Waals surface area contributed by atoms with Gasteiger partial charge in [0.2, 0.25) is 0 Å². The van der Waals surface area contributed by atoms with Gasteiger partial charge in [-0.25, -0.2) is 0 Å². The molecule has 116 valence electrons. The summed E-state index contributed by atoms with van der Waals surface area (Å²) in [6.07, 6.45) is 1.93. The zero-order chi connectivity index (χ0) is 15.5. The molecule has 2 aromatic carbocycles. The highest BCUT2D eigenvalue weighted by Crippen LogP contribution is 2.33. The van der Waals surface area contributed by atoms with Crippen molar-refractivity contribution in [1.29, 1.82) is 0 Å². The summed E-state index contributed by atoms with van der Waals surface area (Å²) >= 11 is 0. The smallest absolute Gasteiger partial charge is 0.161 e. The maximum atomic E-state index is 9.95. The fraction of sp³-hybridized carbons (Fsp3) is 0.333. The van der Waals surface area contributed by atoms with Crippen molar-refractivity contribution in [1.82, 2.24) is 0 Å². The predicted octanol–water partition coefficient (Wildman–Crippen LogP) is 1.81. The maximum Gasteiger partial charge on any atom is 0.161 e. The Bertz CT molecular complexity index is 652. The van der Waals surface area contributed by atoms with Crippen molar-refractivity contribution in [2.75, 3.05) is 20.8 Å². The third-order valence-electron chi connectivity index (χ3n) is 4.32. The number of ether oxygens (including phenoxy) is 2. The van der Waals surface area contributed by atoms with E-state index in [-0.39, 0.29) is 5.75 Å². The molecule has 3 rings (SSSR count). The topological polar surface area (TPSA) is 55.3 Å². The fourth-order valence-corrected chi connectivity index (χ4v) is 3.13. The summed E-state index contributed by atoms with van der Waals surface area (Å²) in [5.41, 5.74) is 3.76. The van der Waals surface area contributed by atoms with E-state index in [0.717, 1.165) is 25.1 Å². The summed E-state index contributed by atoms with van der Waals surface area (Å²) in [6.45, 7) is 1.04. The van der Waals surface area contributed by atoms with Gasteiger partial charge in [0.15, 0.2) is 11.5 Å². The summed E-state index contributed by atoms with van der Waals surface area (Å²) in [5.74, 6) is 1.66. The van der Waals surface area contributed by atoms with Crippen molar-refractivity contribution in [3.63, 3.8) is 0 Å². The molecule has 1 heterocycles. The van der Waals surface area contributed by atoms with E-state index in [2.05, 4.69) is 17.4 Å². The van der Waals surface area contributed by atoms with Gasteiger partial charge in [0.05, 0.1) is 20.8 Å². The van der Waals surface area contributed by atoms with Crippen LogP contribution in [0.2, 0.25) is 0 Å². The Morgan fingerprint density at radius 3 is 2.59 bits per heavy atom. The number of hydrogen-bond acceptors (Lipinski definition) is 3. The van der Waals surface area contributed by atoms with Gasteiger partial charge < -0.3 is 19.9 Å². The monoisotopic (exact) mass is 300 g/mol. The molecule has 4 nitrogen and oxygen atoms in total. The molecule has 1 atom stereocenters. The molecule has 0 aliphatic carbocycles. The largest absolute Gasteiger partial charge is 0.504 e. The van der Waals surface area contributed by atoms with Crippen LogP contribution in [-0.2, 0) is 12.8 Å². The first-order chi connectivity index (χ1) is 10.7. The second-order valence-electron chi connectivity index (χ2n) is 5.66. The molecule has 1 aliphatic rings. The molecule has 3 N–H and O–H groups in total. The molecule has 2 aromatic rings. The van der Waals surface area contributed by atoms with Gasteiger partial charge in [0.1, 0.15) is 11.8 Å². The van der Waals surface area contributed by atoms with Crippen molar-refractivity contribution < 1.29 is 19.9 Å². The maximum absolute atomic E-state index is 9.95. The Morgan fingerprint density at radius 1 is 1.14 bits per heavy atom. The summed E-state index contributed by atoms with van der Waals surface area (Å²) in [6, 6.07) is 12.4. The van der Waals surface area contributed by atoms with E-state index < -0.39 is 0 Å². The quantitative estimate of drug-likeness (QED) is 0.905. The first kappa shape index (κ1) is 14.7. The van der Waals surface area contributed by atoms with Gasteiger partial charge >= 0.3 is 0 Å². The number of phenols is 1. The van der Waals surface area contributed by atoms with Crippen LogP contribution in [0, 0.1) is 0 Å². The lowest BCUT2D eigenvalue weighted by atomic mass is 9.90. The number of quaternary nitrogens is 1. The SMILES string of the molecule is COc1ccc(C[C@@H]2[NH2+]CCc3cc(O)c(OC)cc32)cc1. The molecule has 0 fully saturated rings. The van der Waals surface area contributed by atoms with Crippen LogP contribution in [0.3, 0.4) is 0 Å². The molecule has 0 saturated carbocycles. The Balaban J connectivity index is 1.87. The van der Waals surface area contributed by atoms with Gasteiger partial charge in [0, 0.05) is 18.4 Å². The van der Waals surface area contributed by atoms with Crippen molar-refractivity contribution in [2.45, 2.75) is 18.9 Å². The number of methoxy groups -OCH3 is 2. The van der Waals surface area contributed by atoms with Crippen LogP contribution in [0.15, 0.2) is 36.4 Å². The minimum Gasteiger partial charge on any atom is -0.504 e. The van der Waals surface area contributed by atoms with E-state index in [1.165, 1.54) is 16.7 Å². The summed E-state index contributed by atoms with van der Waals surface area (Å²) < 4.78 is 10.5. The van der Waals surface area contributed by atoms with Gasteiger partial charge in [0.25, 0.3) is 0 Å². The van der Waals surface area contributed by atoms with Gasteiger partial charge in [-0.3, -0.25) is 0 Å². The number of aromatic hydroxyl groups is 1. The van der Waals surface area contributed by atoms with Crippen LogP contribution in [0.25, 0.3) is 0 Å². The molecule has 4 heteroatoms. The van der Waals surface area contributed by atoms with Crippen molar-refractivity contribution in [3.05, 3.63) is 53.1 Å². The van der Waals surface area contributed by atoms with Crippen LogP contribution < -0.4 is 14.8 Å². The third-order valence-corrected chi connectivity index (χ3v) is 4.32. The van der Waals surface area contributed by atoms with Crippen molar-refractivity contribution in [2.24, 2.45) is 0 Å². The molecule has 0 unspecified atom stereocenters. The number of rotatable bonds is 4. The lowest BCUT2D eigenvalue weighted by Crippen LogP contribution is -2.87. The normalized spacial score (nSPS) is 16.9. The Labute approximate surface area is 130 Å². The average Bonchev–Trinajstić information content (AvgIpc) is 2.55. The van der Waals surface area contributed by atoms with E-state index in [1.54, 1.807) is 14.2 Å². The molecule has 0 spiro atoms. The molecule has 22 heavy (non-hydrogen) atoms. The highest BCUT2D eigenvalue weighted by molar-refractivity contribution is 5.48. The Morgan fingerprint density at radius 2 is 1.91 bits per heavy atom. The summed E-state index contributed by atoms with van der Waals surface area (Å²) in [7, 11) is 3.27. The van der Waals surface area contributed by atoms with Gasteiger partial charge in [-0.2, -0.15) is 0 Å². The van der Waals surface area contributed by atoms with E-state index in [9.17, 15) is 5.11 Å². The molecular weight excluding hydrogens is 278 g/mol. The molecule has 1 aliphatic heterocycles. The molecule has 0 aromatic heterocycles. The van der Waals surface area contributed by atoms with Crippen LogP contribution in [0.1, 0.15) is 22.7 Å². The molecule has 0 radical (unpaired) electrons. The molecule has 0 saturated heterocycles. The molecule has 0 amide bonds. The summed E-state index contributed by atoms with van der Waals surface area (Å²) in [5, 5.41) is 12.3. The lowest BCUT2D eigenvalue weighted by molar-refractivity contribution is -0.698. The van der Waals surface area contributed by atoms with Crippen molar-refractivity contribution in [3.8, 4) is 17.2 Å². The first-order valence-electron chi connectivity index (χ1n) is 7.57. The number of benzene rings is 2. The second kappa shape index (κ2) is 6.28. The number of fused-ring (bicyclic) bond motifs is 1. The average molecular weight is 300 g/mol. The van der Waals surface area contributed by atoms with Crippen molar-refractivity contribution >= 4 is 0 Å². The van der Waals surface area contributed by atoms with E-state index in [1.807, 2.05) is 24.3 Å². The zero-order valence-electron chi connectivity index (χ0n) is 13.0. The van der Waals surface area contributed by atoms with Crippen LogP contribution in [0.4, 0.5) is 0 Å². The number of nitrogens with two attached hydrogens (primary N) is 1. The van der Waals surface area contributed by atoms with Gasteiger partial charge in [-0.05, 0) is 35.4 Å². The van der Waals surface area contributed by atoms with E-state index in [4.69, 9.17) is 9.47 Å². The molecular formula is C18H22NO3+. The number of phenolic OH excluding ortho intramolecular Hbond substituents is 1. The summed E-state index contributed by atoms with van der Waals surface area (Å²) in [4.78, 5) is 0. The fourth-order valence-electron chi connectivity index (χ4n) is 3.13. The standard InChI is InChI=1S/C18H21NO3/c1-21-14-5-3-12(4-6-14)9-16-15-11-18(22-2)17(20)10-13(15)7-8-19-16/h3-6,10-11,16,19-20H,7-9H2,1-2H3/p+1/t16-/m0/s1. The third kappa shape index (κ3) is 2.88. The molecule has 0 bridgehead atoms. The van der Waals surface area contributed by atoms with Gasteiger partial charge in [-0.1, -0.05) is 12.1 Å². The lowest BCUT2D eigenvalue weighted by Gasteiger charge is -2.25. The Kier molecular flexibility index (Phi) is 4.20. The zero-order valence-corrected chi connectivity index (χ0v) is 13.0. The predicted molar refractivity (Wildman–Crippen MR) is 84.6 cm³/mol. The number of hydrogen-bond donors (Lipinski definition) is 2. The highest BCUT2D eigenvalue weighted by Gasteiger charge is 2.25. The first-order valence-corrected chi connectivity index (χ1v) is 7.57. The van der Waals surface area contributed by atoms with E-state index in [0.29, 0.717) is 11.8 Å². The Hall–Kier alpha value is -2.20. The highest BCUT2D eigenvalue weighted by atomic mass is 16.5. The van der Waals surface area contributed by atoms with Crippen LogP contribution in [-0.4, -0.2) is 25.9 Å².